The maximum Gasteiger partial charge on any atom is 0.255 e. The van der Waals surface area contributed by atoms with Crippen LogP contribution in [0.5, 0.6) is 0 Å². The van der Waals surface area contributed by atoms with Crippen LogP contribution in [0.2, 0.25) is 0 Å². The van der Waals surface area contributed by atoms with Crippen molar-refractivity contribution in [3.8, 4) is 0 Å². The van der Waals surface area contributed by atoms with Crippen molar-refractivity contribution in [2.75, 3.05) is 19.7 Å². The minimum absolute atomic E-state index is 0.0108. The fourth-order valence-electron chi connectivity index (χ4n) is 4.64. The molecule has 2 N–H and O–H groups in total. The molecule has 1 spiro atoms. The lowest BCUT2D eigenvalue weighted by Gasteiger charge is -2.47. The minimum atomic E-state index is -0.195. The van der Waals surface area contributed by atoms with Crippen molar-refractivity contribution < 1.29 is 9.53 Å². The Morgan fingerprint density at radius 2 is 2.08 bits per heavy atom. The molecule has 0 aromatic carbocycles. The van der Waals surface area contributed by atoms with Crippen LogP contribution in [0.1, 0.15) is 48.7 Å². The summed E-state index contributed by atoms with van der Waals surface area (Å²) in [7, 11) is 0. The van der Waals surface area contributed by atoms with Crippen LogP contribution >= 0.6 is 0 Å². The van der Waals surface area contributed by atoms with Gasteiger partial charge in [-0.3, -0.25) is 9.59 Å². The Balaban J connectivity index is 1.56. The van der Waals surface area contributed by atoms with Gasteiger partial charge in [-0.2, -0.15) is 0 Å². The van der Waals surface area contributed by atoms with Gasteiger partial charge in [-0.1, -0.05) is 6.92 Å². The van der Waals surface area contributed by atoms with Gasteiger partial charge in [0.2, 0.25) is 5.56 Å². The summed E-state index contributed by atoms with van der Waals surface area (Å²) in [5.74, 6) is 0.0108. The molecule has 3 fully saturated rings. The van der Waals surface area contributed by atoms with E-state index in [0.717, 1.165) is 18.5 Å². The summed E-state index contributed by atoms with van der Waals surface area (Å²) in [6.07, 6.45) is 5.03. The molecule has 1 amide bonds. The lowest BCUT2D eigenvalue weighted by Crippen LogP contribution is -2.60. The van der Waals surface area contributed by atoms with E-state index >= 15 is 0 Å². The highest BCUT2D eigenvalue weighted by atomic mass is 16.5. The molecule has 1 unspecified atom stereocenters. The topological polar surface area (TPSA) is 74.4 Å². The number of morpholine rings is 1. The summed E-state index contributed by atoms with van der Waals surface area (Å²) < 4.78 is 6.19. The lowest BCUT2D eigenvalue weighted by molar-refractivity contribution is -0.122. The number of H-pyrrole nitrogens is 1. The predicted octanol–water partition coefficient (Wildman–Crippen LogP) is 1.06. The summed E-state index contributed by atoms with van der Waals surface area (Å²) in [6.45, 7) is 3.82. The van der Waals surface area contributed by atoms with E-state index in [4.69, 9.17) is 4.74 Å². The molecule has 2 bridgehead atoms. The molecule has 3 aliphatic heterocycles. The van der Waals surface area contributed by atoms with Crippen molar-refractivity contribution in [3.05, 3.63) is 33.7 Å². The summed E-state index contributed by atoms with van der Waals surface area (Å²) in [5, 5.41) is 3.64. The quantitative estimate of drug-likeness (QED) is 0.850. The largest absolute Gasteiger partial charge is 0.371 e. The number of hydrogen-bond donors (Lipinski definition) is 2. The maximum atomic E-state index is 13.0. The third kappa shape index (κ3) is 2.78. The van der Waals surface area contributed by atoms with Crippen molar-refractivity contribution >= 4 is 5.91 Å². The third-order valence-corrected chi connectivity index (χ3v) is 5.69. The standard InChI is InChI=1S/C18H25N3O3/c1-2-15-14(5-6-16(22)20-15)17(23)21-7-8-24-18(11-21)9-12-3-4-13(10-18)19-12/h5-6,12-13,19H,2-4,7-11H2,1H3,(H,20,22)/t12-,13+,18?. The molecule has 3 aliphatic rings. The summed E-state index contributed by atoms with van der Waals surface area (Å²) in [4.78, 5) is 29.3. The van der Waals surface area contributed by atoms with Crippen molar-refractivity contribution in [1.29, 1.82) is 0 Å². The average molecular weight is 331 g/mol. The van der Waals surface area contributed by atoms with E-state index < -0.39 is 0 Å². The van der Waals surface area contributed by atoms with Crippen LogP contribution < -0.4 is 10.9 Å². The molecule has 3 atom stereocenters. The molecule has 6 nitrogen and oxygen atoms in total. The smallest absolute Gasteiger partial charge is 0.255 e. The van der Waals surface area contributed by atoms with Gasteiger partial charge >= 0.3 is 0 Å². The number of nitrogens with one attached hydrogen (secondary N) is 2. The van der Waals surface area contributed by atoms with Gasteiger partial charge in [-0.15, -0.1) is 0 Å². The number of aromatic nitrogens is 1. The van der Waals surface area contributed by atoms with Gasteiger partial charge in [0, 0.05) is 30.4 Å². The third-order valence-electron chi connectivity index (χ3n) is 5.69. The zero-order valence-corrected chi connectivity index (χ0v) is 14.1. The molecule has 0 radical (unpaired) electrons. The number of fused-ring (bicyclic) bond motifs is 2. The lowest BCUT2D eigenvalue weighted by atomic mass is 9.85. The van der Waals surface area contributed by atoms with E-state index in [1.54, 1.807) is 6.07 Å². The molecular weight excluding hydrogens is 306 g/mol. The van der Waals surface area contributed by atoms with Gasteiger partial charge in [-0.25, -0.2) is 0 Å². The fourth-order valence-corrected chi connectivity index (χ4v) is 4.64. The highest BCUT2D eigenvalue weighted by molar-refractivity contribution is 5.95. The van der Waals surface area contributed by atoms with E-state index in [1.165, 1.54) is 18.9 Å². The number of aromatic amines is 1. The van der Waals surface area contributed by atoms with E-state index in [2.05, 4.69) is 10.3 Å². The summed E-state index contributed by atoms with van der Waals surface area (Å²) in [5.41, 5.74) is 0.987. The summed E-state index contributed by atoms with van der Waals surface area (Å²) in [6, 6.07) is 4.15. The number of nitrogens with zero attached hydrogens (tertiary/aromatic N) is 1. The number of ether oxygens (including phenoxy) is 1. The van der Waals surface area contributed by atoms with Crippen LogP contribution in [-0.4, -0.2) is 53.2 Å². The highest BCUT2D eigenvalue weighted by Gasteiger charge is 2.47. The van der Waals surface area contributed by atoms with Crippen molar-refractivity contribution in [1.82, 2.24) is 15.2 Å². The van der Waals surface area contributed by atoms with Crippen molar-refractivity contribution in [2.24, 2.45) is 0 Å². The van der Waals surface area contributed by atoms with E-state index in [1.807, 2.05) is 11.8 Å². The Morgan fingerprint density at radius 1 is 1.33 bits per heavy atom. The Morgan fingerprint density at radius 3 is 2.79 bits per heavy atom. The molecule has 4 heterocycles. The Labute approximate surface area is 141 Å². The van der Waals surface area contributed by atoms with Gasteiger partial charge in [-0.05, 0) is 38.2 Å². The number of rotatable bonds is 2. The van der Waals surface area contributed by atoms with Crippen LogP contribution in [0.3, 0.4) is 0 Å². The number of amides is 1. The molecular formula is C18H25N3O3. The molecule has 24 heavy (non-hydrogen) atoms. The van der Waals surface area contributed by atoms with Gasteiger partial charge < -0.3 is 19.9 Å². The second-order valence-corrected chi connectivity index (χ2v) is 7.37. The molecule has 3 saturated heterocycles. The van der Waals surface area contributed by atoms with Gasteiger partial charge in [0.25, 0.3) is 5.91 Å². The maximum absolute atomic E-state index is 13.0. The van der Waals surface area contributed by atoms with E-state index in [-0.39, 0.29) is 17.1 Å². The monoisotopic (exact) mass is 331 g/mol. The van der Waals surface area contributed by atoms with Crippen molar-refractivity contribution in [3.63, 3.8) is 0 Å². The molecule has 0 saturated carbocycles. The zero-order valence-electron chi connectivity index (χ0n) is 14.1. The molecule has 1 aromatic rings. The SMILES string of the molecule is CCc1[nH]c(=O)ccc1C(=O)N1CCOC2(C[C@H]3CC[C@@H](C2)N3)C1. The first-order valence-electron chi connectivity index (χ1n) is 9.00. The van der Waals surface area contributed by atoms with Crippen LogP contribution in [-0.2, 0) is 11.2 Å². The van der Waals surface area contributed by atoms with Gasteiger partial charge in [0.05, 0.1) is 24.3 Å². The number of piperidine rings is 1. The van der Waals surface area contributed by atoms with Gasteiger partial charge in [0.15, 0.2) is 0 Å². The van der Waals surface area contributed by atoms with Gasteiger partial charge in [0.1, 0.15) is 0 Å². The number of pyridine rings is 1. The van der Waals surface area contributed by atoms with Crippen LogP contribution in [0, 0.1) is 0 Å². The Kier molecular flexibility index (Phi) is 3.96. The Hall–Kier alpha value is -1.66. The second kappa shape index (κ2) is 6.01. The molecule has 0 aliphatic carbocycles. The average Bonchev–Trinajstić information content (AvgIpc) is 2.93. The number of hydrogen-bond acceptors (Lipinski definition) is 4. The van der Waals surface area contributed by atoms with Crippen LogP contribution in [0.25, 0.3) is 0 Å². The number of carbonyl (C=O) groups excluding carboxylic acids is 1. The Bertz CT molecular complexity index is 687. The first-order valence-corrected chi connectivity index (χ1v) is 9.00. The molecule has 1 aromatic heterocycles. The van der Waals surface area contributed by atoms with Crippen LogP contribution in [0.4, 0.5) is 0 Å². The second-order valence-electron chi connectivity index (χ2n) is 7.37. The van der Waals surface area contributed by atoms with Crippen LogP contribution in [0.15, 0.2) is 16.9 Å². The number of carbonyl (C=O) groups is 1. The molecule has 6 heteroatoms. The normalized spacial score (nSPS) is 32.3. The molecule has 4 rings (SSSR count). The van der Waals surface area contributed by atoms with E-state index in [9.17, 15) is 9.59 Å². The predicted molar refractivity (Wildman–Crippen MR) is 90.2 cm³/mol. The molecule has 130 valence electrons. The number of aryl methyl sites for hydroxylation is 1. The first kappa shape index (κ1) is 15.8. The highest BCUT2D eigenvalue weighted by Crippen LogP contribution is 2.38. The minimum Gasteiger partial charge on any atom is -0.371 e. The van der Waals surface area contributed by atoms with E-state index in [0.29, 0.717) is 43.8 Å². The van der Waals surface area contributed by atoms with Crippen molar-refractivity contribution in [2.45, 2.75) is 56.7 Å². The zero-order chi connectivity index (χ0) is 16.7. The summed E-state index contributed by atoms with van der Waals surface area (Å²) >= 11 is 0. The first-order chi connectivity index (χ1) is 11.6. The fraction of sp³-hybridized carbons (Fsp3) is 0.667.